The summed E-state index contributed by atoms with van der Waals surface area (Å²) in [5.41, 5.74) is 2.96. The number of aliphatic imine (C=N–C) groups is 1. The van der Waals surface area contributed by atoms with Crippen molar-refractivity contribution in [1.29, 1.82) is 0 Å². The van der Waals surface area contributed by atoms with Gasteiger partial charge < -0.3 is 15.0 Å². The highest BCUT2D eigenvalue weighted by Crippen LogP contribution is 2.47. The van der Waals surface area contributed by atoms with Crippen molar-refractivity contribution in [3.05, 3.63) is 60.3 Å². The summed E-state index contributed by atoms with van der Waals surface area (Å²) in [5.74, 6) is 0.216. The van der Waals surface area contributed by atoms with E-state index in [-0.39, 0.29) is 11.8 Å². The number of nitrogens with zero attached hydrogens (tertiary/aromatic N) is 2. The van der Waals surface area contributed by atoms with Gasteiger partial charge in [0.15, 0.2) is 0 Å². The second-order valence-corrected chi connectivity index (χ2v) is 7.67. The zero-order chi connectivity index (χ0) is 21.9. The first-order chi connectivity index (χ1) is 14.3. The van der Waals surface area contributed by atoms with Crippen molar-refractivity contribution in [3.8, 4) is 16.9 Å². The summed E-state index contributed by atoms with van der Waals surface area (Å²) in [6.45, 7) is 5.83. The smallest absolute Gasteiger partial charge is 0.240 e. The molecule has 1 aliphatic rings. The molecule has 0 saturated heterocycles. The molecule has 2 aromatic carbocycles. The van der Waals surface area contributed by atoms with Crippen molar-refractivity contribution < 1.29 is 14.3 Å². The number of benzene rings is 2. The SMILES string of the molecule is C=C(/C=N\c1c(-c2ccccc2)ccc(OC)c1C)NC(=O)C1(C(=O)N(C)C)CC1. The number of carbonyl (C=O) groups excluding carboxylic acids is 2. The fraction of sp³-hybridized carbons (Fsp3) is 0.292. The first kappa shape index (κ1) is 21.3. The minimum atomic E-state index is -0.971. The average molecular weight is 405 g/mol. The van der Waals surface area contributed by atoms with Gasteiger partial charge in [-0.05, 0) is 37.5 Å². The van der Waals surface area contributed by atoms with Gasteiger partial charge in [0.1, 0.15) is 11.2 Å². The topological polar surface area (TPSA) is 71.0 Å². The van der Waals surface area contributed by atoms with Gasteiger partial charge in [-0.25, -0.2) is 0 Å². The van der Waals surface area contributed by atoms with Crippen LogP contribution in [0.15, 0.2) is 59.7 Å². The summed E-state index contributed by atoms with van der Waals surface area (Å²) in [5, 5.41) is 2.73. The Morgan fingerprint density at radius 1 is 1.17 bits per heavy atom. The molecule has 1 aliphatic carbocycles. The molecule has 1 N–H and O–H groups in total. The monoisotopic (exact) mass is 405 g/mol. The van der Waals surface area contributed by atoms with E-state index in [2.05, 4.69) is 16.9 Å². The van der Waals surface area contributed by atoms with Crippen LogP contribution in [0.4, 0.5) is 5.69 Å². The van der Waals surface area contributed by atoms with E-state index in [1.165, 1.54) is 11.1 Å². The van der Waals surface area contributed by atoms with Gasteiger partial charge in [0.2, 0.25) is 11.8 Å². The highest BCUT2D eigenvalue weighted by molar-refractivity contribution is 6.09. The van der Waals surface area contributed by atoms with Crippen LogP contribution in [0.3, 0.4) is 0 Å². The number of allylic oxidation sites excluding steroid dienone is 1. The summed E-state index contributed by atoms with van der Waals surface area (Å²) in [6, 6.07) is 13.8. The van der Waals surface area contributed by atoms with Crippen LogP contribution in [-0.2, 0) is 9.59 Å². The normalized spacial score (nSPS) is 14.3. The standard InChI is InChI=1S/C24H27N3O3/c1-16(26-22(28)24(13-14-24)23(29)27(3)4)15-25-21-17(2)20(30-5)12-11-19(21)18-9-7-6-8-10-18/h6-12,15H,1,13-14H2,2-5H3,(H,26,28)/b25-15-. The second-order valence-electron chi connectivity index (χ2n) is 7.67. The molecule has 6 heteroatoms. The fourth-order valence-corrected chi connectivity index (χ4v) is 3.45. The Balaban J connectivity index is 1.84. The quantitative estimate of drug-likeness (QED) is 0.561. The highest BCUT2D eigenvalue weighted by Gasteiger charge is 2.57. The molecule has 156 valence electrons. The van der Waals surface area contributed by atoms with Crippen molar-refractivity contribution in [1.82, 2.24) is 10.2 Å². The van der Waals surface area contributed by atoms with E-state index < -0.39 is 5.41 Å². The maximum absolute atomic E-state index is 12.6. The molecule has 0 atom stereocenters. The Morgan fingerprint density at radius 2 is 1.83 bits per heavy atom. The third kappa shape index (κ3) is 4.13. The molecule has 0 spiro atoms. The van der Waals surface area contributed by atoms with Gasteiger partial charge in [0.05, 0.1) is 24.7 Å². The molecule has 0 unspecified atom stereocenters. The van der Waals surface area contributed by atoms with Crippen molar-refractivity contribution in [2.24, 2.45) is 10.4 Å². The van der Waals surface area contributed by atoms with Crippen molar-refractivity contribution in [2.45, 2.75) is 19.8 Å². The minimum absolute atomic E-state index is 0.181. The molecule has 0 bridgehead atoms. The molecular formula is C24H27N3O3. The Labute approximate surface area is 177 Å². The van der Waals surface area contributed by atoms with Gasteiger partial charge in [-0.3, -0.25) is 14.6 Å². The fourth-order valence-electron chi connectivity index (χ4n) is 3.45. The summed E-state index contributed by atoms with van der Waals surface area (Å²) >= 11 is 0. The number of amides is 2. The molecule has 2 amide bonds. The van der Waals surface area contributed by atoms with Gasteiger partial charge in [0, 0.05) is 25.2 Å². The van der Waals surface area contributed by atoms with Crippen LogP contribution in [0.25, 0.3) is 11.1 Å². The first-order valence-electron chi connectivity index (χ1n) is 9.79. The maximum atomic E-state index is 12.6. The zero-order valence-corrected chi connectivity index (χ0v) is 17.9. The van der Waals surface area contributed by atoms with E-state index in [1.54, 1.807) is 21.2 Å². The van der Waals surface area contributed by atoms with Crippen LogP contribution in [0, 0.1) is 12.3 Å². The third-order valence-electron chi connectivity index (χ3n) is 5.31. The van der Waals surface area contributed by atoms with Crippen LogP contribution in [0.5, 0.6) is 5.75 Å². The first-order valence-corrected chi connectivity index (χ1v) is 9.79. The molecule has 6 nitrogen and oxygen atoms in total. The van der Waals surface area contributed by atoms with Crippen molar-refractivity contribution in [3.63, 3.8) is 0 Å². The molecular weight excluding hydrogens is 378 g/mol. The van der Waals surface area contributed by atoms with E-state index in [1.807, 2.05) is 49.4 Å². The van der Waals surface area contributed by atoms with E-state index in [4.69, 9.17) is 4.74 Å². The lowest BCUT2D eigenvalue weighted by Gasteiger charge is -2.19. The summed E-state index contributed by atoms with van der Waals surface area (Å²) in [7, 11) is 4.93. The van der Waals surface area contributed by atoms with Crippen molar-refractivity contribution >= 4 is 23.7 Å². The average Bonchev–Trinajstić information content (AvgIpc) is 3.54. The Kier molecular flexibility index (Phi) is 6.06. The predicted octanol–water partition coefficient (Wildman–Crippen LogP) is 3.87. The molecule has 1 fully saturated rings. The van der Waals surface area contributed by atoms with E-state index in [0.29, 0.717) is 18.5 Å². The minimum Gasteiger partial charge on any atom is -0.496 e. The molecule has 2 aromatic rings. The Morgan fingerprint density at radius 3 is 2.40 bits per heavy atom. The van der Waals surface area contributed by atoms with Gasteiger partial charge in [0.25, 0.3) is 0 Å². The Hall–Kier alpha value is -3.41. The van der Waals surface area contributed by atoms with Gasteiger partial charge in [-0.2, -0.15) is 0 Å². The zero-order valence-electron chi connectivity index (χ0n) is 17.9. The van der Waals surface area contributed by atoms with Crippen LogP contribution in [0.2, 0.25) is 0 Å². The number of ether oxygens (including phenoxy) is 1. The van der Waals surface area contributed by atoms with E-state index in [0.717, 1.165) is 28.1 Å². The van der Waals surface area contributed by atoms with Gasteiger partial charge in [-0.15, -0.1) is 0 Å². The van der Waals surface area contributed by atoms with Crippen LogP contribution < -0.4 is 10.1 Å². The second kappa shape index (κ2) is 8.53. The molecule has 0 aromatic heterocycles. The number of hydrogen-bond acceptors (Lipinski definition) is 4. The lowest BCUT2D eigenvalue weighted by Crippen LogP contribution is -2.42. The van der Waals surface area contributed by atoms with Gasteiger partial charge in [-0.1, -0.05) is 36.9 Å². The van der Waals surface area contributed by atoms with Crippen LogP contribution in [-0.4, -0.2) is 44.1 Å². The Bertz CT molecular complexity index is 1010. The summed E-state index contributed by atoms with van der Waals surface area (Å²) in [6.07, 6.45) is 2.61. The molecule has 0 heterocycles. The van der Waals surface area contributed by atoms with Crippen molar-refractivity contribution in [2.75, 3.05) is 21.2 Å². The maximum Gasteiger partial charge on any atom is 0.240 e. The molecule has 3 rings (SSSR count). The number of rotatable bonds is 7. The third-order valence-corrected chi connectivity index (χ3v) is 5.31. The lowest BCUT2D eigenvalue weighted by molar-refractivity contribution is -0.142. The number of hydrogen-bond donors (Lipinski definition) is 1. The van der Waals surface area contributed by atoms with Gasteiger partial charge >= 0.3 is 0 Å². The molecule has 30 heavy (non-hydrogen) atoms. The number of carbonyl (C=O) groups is 2. The van der Waals surface area contributed by atoms with Crippen LogP contribution >= 0.6 is 0 Å². The summed E-state index contributed by atoms with van der Waals surface area (Å²) < 4.78 is 5.44. The largest absolute Gasteiger partial charge is 0.496 e. The van der Waals surface area contributed by atoms with Crippen LogP contribution in [0.1, 0.15) is 18.4 Å². The number of methoxy groups -OCH3 is 1. The predicted molar refractivity (Wildman–Crippen MR) is 119 cm³/mol. The molecule has 0 aliphatic heterocycles. The lowest BCUT2D eigenvalue weighted by atomic mass is 10.00. The molecule has 1 saturated carbocycles. The van der Waals surface area contributed by atoms with E-state index >= 15 is 0 Å². The number of nitrogens with one attached hydrogen (secondary N) is 1. The van der Waals surface area contributed by atoms with E-state index in [9.17, 15) is 9.59 Å². The summed E-state index contributed by atoms with van der Waals surface area (Å²) in [4.78, 5) is 31.0. The molecule has 0 radical (unpaired) electrons. The highest BCUT2D eigenvalue weighted by atomic mass is 16.5.